The number of anilines is 1. The zero-order valence-corrected chi connectivity index (χ0v) is 16.0. The fourth-order valence-corrected chi connectivity index (χ4v) is 3.06. The summed E-state index contributed by atoms with van der Waals surface area (Å²) in [7, 11) is 0. The van der Waals surface area contributed by atoms with Gasteiger partial charge in [-0.3, -0.25) is 4.79 Å². The molecule has 0 radical (unpaired) electrons. The highest BCUT2D eigenvalue weighted by Crippen LogP contribution is 2.23. The third kappa shape index (κ3) is 5.12. The number of ether oxygens (including phenoxy) is 2. The van der Waals surface area contributed by atoms with Gasteiger partial charge in [-0.1, -0.05) is 18.2 Å². The van der Waals surface area contributed by atoms with E-state index in [1.54, 1.807) is 4.90 Å². The largest absolute Gasteiger partial charge is 0.457 e. The van der Waals surface area contributed by atoms with Crippen molar-refractivity contribution in [1.29, 1.82) is 5.26 Å². The molecular formula is C22H23N3O3. The summed E-state index contributed by atoms with van der Waals surface area (Å²) >= 11 is 0. The first kappa shape index (κ1) is 19.5. The van der Waals surface area contributed by atoms with Crippen LogP contribution in [0.1, 0.15) is 13.8 Å². The fourth-order valence-electron chi connectivity index (χ4n) is 3.06. The Morgan fingerprint density at radius 2 is 1.71 bits per heavy atom. The molecule has 144 valence electrons. The summed E-state index contributed by atoms with van der Waals surface area (Å²) in [6.07, 6.45) is 1.36. The van der Waals surface area contributed by atoms with Crippen LogP contribution in [0.3, 0.4) is 0 Å². The van der Waals surface area contributed by atoms with Crippen LogP contribution in [0.4, 0.5) is 5.69 Å². The standard InChI is InChI=1S/C22H23N3O3/c1-16-14-25(15-17(2)27-16)22(26)18(12-23)13-24-19-8-10-21(11-9-19)28-20-6-4-3-5-7-20/h3-11,13,16-17,24H,14-15H2,1-2H3/b18-13-. The van der Waals surface area contributed by atoms with E-state index < -0.39 is 0 Å². The zero-order chi connectivity index (χ0) is 19.9. The van der Waals surface area contributed by atoms with Crippen LogP contribution in [0.2, 0.25) is 0 Å². The maximum Gasteiger partial charge on any atom is 0.266 e. The number of morpholine rings is 1. The van der Waals surface area contributed by atoms with E-state index in [1.807, 2.05) is 74.5 Å². The van der Waals surface area contributed by atoms with E-state index in [2.05, 4.69) is 5.32 Å². The molecule has 3 rings (SSSR count). The highest BCUT2D eigenvalue weighted by Gasteiger charge is 2.27. The van der Waals surface area contributed by atoms with E-state index in [4.69, 9.17) is 9.47 Å². The lowest BCUT2D eigenvalue weighted by molar-refractivity contribution is -0.138. The minimum absolute atomic E-state index is 0.0437. The molecule has 1 fully saturated rings. The Morgan fingerprint density at radius 1 is 1.11 bits per heavy atom. The Morgan fingerprint density at radius 3 is 2.32 bits per heavy atom. The predicted molar refractivity (Wildman–Crippen MR) is 107 cm³/mol. The molecular weight excluding hydrogens is 354 g/mol. The number of benzene rings is 2. The molecule has 0 saturated carbocycles. The summed E-state index contributed by atoms with van der Waals surface area (Å²) < 4.78 is 11.4. The van der Waals surface area contributed by atoms with Crippen LogP contribution < -0.4 is 10.1 Å². The molecule has 1 aliphatic rings. The van der Waals surface area contributed by atoms with Crippen LogP contribution >= 0.6 is 0 Å². The quantitative estimate of drug-likeness (QED) is 0.631. The van der Waals surface area contributed by atoms with Crippen LogP contribution in [0.5, 0.6) is 11.5 Å². The lowest BCUT2D eigenvalue weighted by Crippen LogP contribution is -2.48. The molecule has 6 heteroatoms. The molecule has 0 bridgehead atoms. The normalized spacial score (nSPS) is 19.6. The number of hydrogen-bond acceptors (Lipinski definition) is 5. The minimum Gasteiger partial charge on any atom is -0.457 e. The van der Waals surface area contributed by atoms with Crippen LogP contribution in [-0.4, -0.2) is 36.1 Å². The highest BCUT2D eigenvalue weighted by atomic mass is 16.5. The van der Waals surface area contributed by atoms with Gasteiger partial charge in [-0.15, -0.1) is 0 Å². The lowest BCUT2D eigenvalue weighted by Gasteiger charge is -2.35. The van der Waals surface area contributed by atoms with Crippen molar-refractivity contribution in [3.05, 3.63) is 66.4 Å². The Bertz CT molecular complexity index is 862. The van der Waals surface area contributed by atoms with Crippen molar-refractivity contribution >= 4 is 11.6 Å². The van der Waals surface area contributed by atoms with E-state index in [0.29, 0.717) is 18.8 Å². The van der Waals surface area contributed by atoms with E-state index >= 15 is 0 Å². The average Bonchev–Trinajstić information content (AvgIpc) is 2.69. The zero-order valence-electron chi connectivity index (χ0n) is 16.0. The third-order valence-corrected chi connectivity index (χ3v) is 4.27. The molecule has 1 amide bonds. The molecule has 6 nitrogen and oxygen atoms in total. The van der Waals surface area contributed by atoms with Crippen LogP contribution in [-0.2, 0) is 9.53 Å². The molecule has 2 aromatic carbocycles. The van der Waals surface area contributed by atoms with Gasteiger partial charge in [-0.05, 0) is 50.2 Å². The first-order valence-electron chi connectivity index (χ1n) is 9.19. The van der Waals surface area contributed by atoms with E-state index in [0.717, 1.165) is 11.4 Å². The van der Waals surface area contributed by atoms with Gasteiger partial charge in [0.25, 0.3) is 5.91 Å². The van der Waals surface area contributed by atoms with Crippen molar-refractivity contribution in [2.24, 2.45) is 0 Å². The van der Waals surface area contributed by atoms with Gasteiger partial charge in [-0.2, -0.15) is 5.26 Å². The number of nitriles is 1. The van der Waals surface area contributed by atoms with Gasteiger partial charge in [0.15, 0.2) is 0 Å². The molecule has 1 N–H and O–H groups in total. The number of amides is 1. The van der Waals surface area contributed by atoms with Gasteiger partial charge >= 0.3 is 0 Å². The highest BCUT2D eigenvalue weighted by molar-refractivity contribution is 5.97. The van der Waals surface area contributed by atoms with Gasteiger partial charge in [0.2, 0.25) is 0 Å². The summed E-state index contributed by atoms with van der Waals surface area (Å²) in [5, 5.41) is 12.4. The Kier molecular flexibility index (Phi) is 6.30. The van der Waals surface area contributed by atoms with Crippen LogP contribution in [0.15, 0.2) is 66.4 Å². The Hall–Kier alpha value is -3.30. The first-order chi connectivity index (χ1) is 13.5. The summed E-state index contributed by atoms with van der Waals surface area (Å²) in [4.78, 5) is 14.3. The molecule has 2 unspecified atom stereocenters. The van der Waals surface area contributed by atoms with E-state index in [9.17, 15) is 10.1 Å². The number of para-hydroxylation sites is 1. The second-order valence-corrected chi connectivity index (χ2v) is 6.72. The smallest absolute Gasteiger partial charge is 0.266 e. The maximum atomic E-state index is 12.6. The number of carbonyl (C=O) groups excluding carboxylic acids is 1. The second kappa shape index (κ2) is 9.07. The van der Waals surface area contributed by atoms with Gasteiger partial charge in [-0.25, -0.2) is 0 Å². The summed E-state index contributed by atoms with van der Waals surface area (Å²) in [5.41, 5.74) is 0.815. The van der Waals surface area contributed by atoms with E-state index in [-0.39, 0.29) is 23.7 Å². The molecule has 28 heavy (non-hydrogen) atoms. The second-order valence-electron chi connectivity index (χ2n) is 6.72. The third-order valence-electron chi connectivity index (χ3n) is 4.27. The number of rotatable bonds is 5. The van der Waals surface area contributed by atoms with Crippen molar-refractivity contribution in [3.63, 3.8) is 0 Å². The topological polar surface area (TPSA) is 74.6 Å². The molecule has 1 aliphatic heterocycles. The Labute approximate surface area is 165 Å². The predicted octanol–water partition coefficient (Wildman–Crippen LogP) is 3.93. The van der Waals surface area contributed by atoms with Gasteiger partial charge in [0.1, 0.15) is 23.1 Å². The molecule has 1 heterocycles. The number of nitrogens with one attached hydrogen (secondary N) is 1. The molecule has 2 aromatic rings. The number of carbonyl (C=O) groups is 1. The average molecular weight is 377 g/mol. The first-order valence-corrected chi connectivity index (χ1v) is 9.19. The van der Waals surface area contributed by atoms with Crippen LogP contribution in [0.25, 0.3) is 0 Å². The van der Waals surface area contributed by atoms with Gasteiger partial charge in [0, 0.05) is 25.0 Å². The van der Waals surface area contributed by atoms with E-state index in [1.165, 1.54) is 6.20 Å². The summed E-state index contributed by atoms with van der Waals surface area (Å²) in [5.74, 6) is 1.17. The summed E-state index contributed by atoms with van der Waals surface area (Å²) in [6, 6.07) is 18.8. The molecule has 0 aliphatic carbocycles. The summed E-state index contributed by atoms with van der Waals surface area (Å²) in [6.45, 7) is 4.80. The van der Waals surface area contributed by atoms with Crippen molar-refractivity contribution in [2.75, 3.05) is 18.4 Å². The number of nitrogens with zero attached hydrogens (tertiary/aromatic N) is 2. The molecule has 0 aromatic heterocycles. The molecule has 2 atom stereocenters. The van der Waals surface area contributed by atoms with Crippen molar-refractivity contribution in [1.82, 2.24) is 4.90 Å². The van der Waals surface area contributed by atoms with Crippen LogP contribution in [0, 0.1) is 11.3 Å². The lowest BCUT2D eigenvalue weighted by atomic mass is 10.2. The molecule has 0 spiro atoms. The van der Waals surface area contributed by atoms with Crippen molar-refractivity contribution < 1.29 is 14.3 Å². The van der Waals surface area contributed by atoms with Gasteiger partial charge in [0.05, 0.1) is 12.2 Å². The molecule has 1 saturated heterocycles. The van der Waals surface area contributed by atoms with Crippen molar-refractivity contribution in [2.45, 2.75) is 26.1 Å². The van der Waals surface area contributed by atoms with Gasteiger partial charge < -0.3 is 19.7 Å². The van der Waals surface area contributed by atoms with Crippen molar-refractivity contribution in [3.8, 4) is 17.6 Å². The maximum absolute atomic E-state index is 12.6. The fraction of sp³-hybridized carbons (Fsp3) is 0.273. The minimum atomic E-state index is -0.291. The number of hydrogen-bond donors (Lipinski definition) is 1. The Balaban J connectivity index is 1.62. The monoisotopic (exact) mass is 377 g/mol. The SMILES string of the molecule is CC1CN(C(=O)/C(C#N)=C\Nc2ccc(Oc3ccccc3)cc2)CC(C)O1.